The molecule has 1 aliphatic heterocycles. The molecule has 2 aromatic carbocycles. The molecule has 1 aliphatic rings. The number of rotatable bonds is 4. The Bertz CT molecular complexity index is 1030. The average molecular weight is 391 g/mol. The Kier molecular flexibility index (Phi) is 5.30. The zero-order valence-electron chi connectivity index (χ0n) is 15.2. The second kappa shape index (κ2) is 8.19. The van der Waals surface area contributed by atoms with Crippen molar-refractivity contribution in [1.82, 2.24) is 9.97 Å². The van der Waals surface area contributed by atoms with E-state index in [1.54, 1.807) is 30.7 Å². The Morgan fingerprint density at radius 3 is 2.68 bits per heavy atom. The molecular formula is C21H19ClN6. The Morgan fingerprint density at radius 1 is 1.07 bits per heavy atom. The molecule has 7 heteroatoms. The number of nitrogens with zero attached hydrogens (tertiary/aromatic N) is 5. The molecule has 0 unspecified atom stereocenters. The van der Waals surface area contributed by atoms with Crippen LogP contribution >= 0.6 is 11.6 Å². The van der Waals surface area contributed by atoms with Gasteiger partial charge in [-0.25, -0.2) is 4.98 Å². The fraction of sp³-hybridized carbons (Fsp3) is 0.143. The zero-order valence-corrected chi connectivity index (χ0v) is 15.9. The van der Waals surface area contributed by atoms with E-state index in [9.17, 15) is 0 Å². The van der Waals surface area contributed by atoms with Gasteiger partial charge in [-0.2, -0.15) is 5.10 Å². The first-order valence-electron chi connectivity index (χ1n) is 8.95. The van der Waals surface area contributed by atoms with Crippen molar-refractivity contribution in [2.24, 2.45) is 15.9 Å². The molecule has 0 fully saturated rings. The van der Waals surface area contributed by atoms with Gasteiger partial charge < -0.3 is 10.6 Å². The molecule has 2 heterocycles. The van der Waals surface area contributed by atoms with E-state index in [2.05, 4.69) is 49.3 Å². The van der Waals surface area contributed by atoms with Gasteiger partial charge in [0.15, 0.2) is 5.84 Å². The fourth-order valence-electron chi connectivity index (χ4n) is 3.08. The van der Waals surface area contributed by atoms with Crippen molar-refractivity contribution >= 4 is 29.5 Å². The highest BCUT2D eigenvalue weighted by molar-refractivity contribution is 6.30. The highest BCUT2D eigenvalue weighted by Gasteiger charge is 2.17. The van der Waals surface area contributed by atoms with Crippen molar-refractivity contribution < 1.29 is 0 Å². The summed E-state index contributed by atoms with van der Waals surface area (Å²) in [6.45, 7) is 1.70. The summed E-state index contributed by atoms with van der Waals surface area (Å²) in [5.74, 6) is 1.00. The number of benzene rings is 2. The van der Waals surface area contributed by atoms with E-state index in [1.807, 2.05) is 12.1 Å². The monoisotopic (exact) mass is 390 g/mol. The van der Waals surface area contributed by atoms with E-state index in [0.29, 0.717) is 10.7 Å². The summed E-state index contributed by atoms with van der Waals surface area (Å²) in [6.07, 6.45) is 5.94. The summed E-state index contributed by atoms with van der Waals surface area (Å²) < 4.78 is 0. The van der Waals surface area contributed by atoms with E-state index < -0.39 is 0 Å². The van der Waals surface area contributed by atoms with E-state index in [1.165, 1.54) is 11.1 Å². The number of aromatic nitrogens is 2. The topological polar surface area (TPSA) is 79.8 Å². The number of hydrogen-bond acceptors (Lipinski definition) is 5. The minimum atomic E-state index is 0.219. The molecular weight excluding hydrogens is 372 g/mol. The standard InChI is InChI=1S/C21H19ClN6/c22-18-7-5-15(6-8-18)11-25-27-21(23)19-12-24-13-20(26-19)28-10-9-16-3-1-2-4-17(16)14-28/h1-8,11-13H,9-10,14H2,(H2,23,27)/b25-11-. The summed E-state index contributed by atoms with van der Waals surface area (Å²) in [5.41, 5.74) is 10.1. The van der Waals surface area contributed by atoms with Crippen LogP contribution in [0.3, 0.4) is 0 Å². The van der Waals surface area contributed by atoms with Gasteiger partial charge in [-0.3, -0.25) is 4.98 Å². The first-order chi connectivity index (χ1) is 13.7. The molecule has 0 spiro atoms. The molecule has 0 amide bonds. The number of fused-ring (bicyclic) bond motifs is 1. The maximum atomic E-state index is 6.05. The third-order valence-corrected chi connectivity index (χ3v) is 4.83. The van der Waals surface area contributed by atoms with Gasteiger partial charge in [-0.15, -0.1) is 5.10 Å². The largest absolute Gasteiger partial charge is 0.380 e. The Morgan fingerprint density at radius 2 is 1.86 bits per heavy atom. The second-order valence-electron chi connectivity index (χ2n) is 6.48. The maximum absolute atomic E-state index is 6.05. The van der Waals surface area contributed by atoms with Crippen molar-refractivity contribution in [1.29, 1.82) is 0 Å². The zero-order chi connectivity index (χ0) is 19.3. The van der Waals surface area contributed by atoms with Crippen molar-refractivity contribution in [3.8, 4) is 0 Å². The lowest BCUT2D eigenvalue weighted by Crippen LogP contribution is -2.31. The van der Waals surface area contributed by atoms with Crippen LogP contribution in [0.25, 0.3) is 0 Å². The maximum Gasteiger partial charge on any atom is 0.173 e. The van der Waals surface area contributed by atoms with Crippen LogP contribution in [0.5, 0.6) is 0 Å². The lowest BCUT2D eigenvalue weighted by molar-refractivity contribution is 0.718. The van der Waals surface area contributed by atoms with Gasteiger partial charge in [0.05, 0.1) is 18.6 Å². The lowest BCUT2D eigenvalue weighted by atomic mass is 10.00. The molecule has 4 rings (SSSR count). The van der Waals surface area contributed by atoms with Crippen LogP contribution in [0, 0.1) is 0 Å². The molecule has 0 aliphatic carbocycles. The predicted octanol–water partition coefficient (Wildman–Crippen LogP) is 3.43. The Hall–Kier alpha value is -3.25. The van der Waals surface area contributed by atoms with Gasteiger partial charge >= 0.3 is 0 Å². The normalized spacial score (nSPS) is 14.3. The number of amidine groups is 1. The van der Waals surface area contributed by atoms with E-state index in [-0.39, 0.29) is 5.84 Å². The minimum absolute atomic E-state index is 0.219. The third kappa shape index (κ3) is 4.18. The van der Waals surface area contributed by atoms with Crippen molar-refractivity contribution in [3.63, 3.8) is 0 Å². The van der Waals surface area contributed by atoms with Crippen molar-refractivity contribution in [3.05, 3.63) is 88.3 Å². The molecule has 0 saturated heterocycles. The number of hydrogen-bond donors (Lipinski definition) is 1. The first-order valence-corrected chi connectivity index (χ1v) is 9.33. The predicted molar refractivity (Wildman–Crippen MR) is 113 cm³/mol. The second-order valence-corrected chi connectivity index (χ2v) is 6.92. The molecule has 140 valence electrons. The van der Waals surface area contributed by atoms with E-state index >= 15 is 0 Å². The molecule has 0 atom stereocenters. The number of nitrogens with two attached hydrogens (primary N) is 1. The first kappa shape index (κ1) is 18.1. The summed E-state index contributed by atoms with van der Waals surface area (Å²) >= 11 is 5.87. The number of anilines is 1. The van der Waals surface area contributed by atoms with Crippen LogP contribution in [0.2, 0.25) is 5.02 Å². The third-order valence-electron chi connectivity index (χ3n) is 4.58. The average Bonchev–Trinajstić information content (AvgIpc) is 2.75. The Balaban J connectivity index is 1.49. The molecule has 0 radical (unpaired) electrons. The van der Waals surface area contributed by atoms with Gasteiger partial charge in [-0.1, -0.05) is 48.0 Å². The van der Waals surface area contributed by atoms with Crippen LogP contribution in [0.15, 0.2) is 71.1 Å². The minimum Gasteiger partial charge on any atom is -0.380 e. The molecule has 28 heavy (non-hydrogen) atoms. The van der Waals surface area contributed by atoms with Crippen LogP contribution in [-0.2, 0) is 13.0 Å². The number of halogens is 1. The summed E-state index contributed by atoms with van der Waals surface area (Å²) in [7, 11) is 0. The van der Waals surface area contributed by atoms with Crippen LogP contribution in [0.1, 0.15) is 22.4 Å². The molecule has 2 N–H and O–H groups in total. The summed E-state index contributed by atoms with van der Waals surface area (Å²) in [5, 5.41) is 8.75. The van der Waals surface area contributed by atoms with E-state index in [0.717, 1.165) is 30.9 Å². The lowest BCUT2D eigenvalue weighted by Gasteiger charge is -2.29. The van der Waals surface area contributed by atoms with Crippen LogP contribution in [-0.4, -0.2) is 28.6 Å². The highest BCUT2D eigenvalue weighted by Crippen LogP contribution is 2.22. The highest BCUT2D eigenvalue weighted by atomic mass is 35.5. The summed E-state index contributed by atoms with van der Waals surface area (Å²) in [4.78, 5) is 11.1. The van der Waals surface area contributed by atoms with Gasteiger partial charge in [0, 0.05) is 18.1 Å². The van der Waals surface area contributed by atoms with Gasteiger partial charge in [0.25, 0.3) is 0 Å². The fourth-order valence-corrected chi connectivity index (χ4v) is 3.21. The molecule has 1 aromatic heterocycles. The van der Waals surface area contributed by atoms with Gasteiger partial charge in [0.1, 0.15) is 11.5 Å². The van der Waals surface area contributed by atoms with Crippen LogP contribution < -0.4 is 10.6 Å². The molecule has 0 saturated carbocycles. The Labute approximate surface area is 168 Å². The van der Waals surface area contributed by atoms with Crippen molar-refractivity contribution in [2.45, 2.75) is 13.0 Å². The molecule has 6 nitrogen and oxygen atoms in total. The molecule has 3 aromatic rings. The van der Waals surface area contributed by atoms with Crippen molar-refractivity contribution in [2.75, 3.05) is 11.4 Å². The van der Waals surface area contributed by atoms with E-state index in [4.69, 9.17) is 17.3 Å². The smallest absolute Gasteiger partial charge is 0.173 e. The van der Waals surface area contributed by atoms with Gasteiger partial charge in [-0.05, 0) is 35.2 Å². The van der Waals surface area contributed by atoms with Crippen LogP contribution in [0.4, 0.5) is 5.82 Å². The summed E-state index contributed by atoms with van der Waals surface area (Å²) in [6, 6.07) is 15.8. The molecule has 0 bridgehead atoms. The van der Waals surface area contributed by atoms with Gasteiger partial charge in [0.2, 0.25) is 0 Å². The SMILES string of the molecule is N/C(=N\N=C/c1ccc(Cl)cc1)c1cncc(N2CCc3ccccc3C2)n1. The quantitative estimate of drug-likeness (QED) is 0.420.